The number of rotatable bonds is 18. The van der Waals surface area contributed by atoms with Crippen LogP contribution in [0.1, 0.15) is 66.7 Å². The highest BCUT2D eigenvalue weighted by atomic mass is 31.2. The zero-order valence-corrected chi connectivity index (χ0v) is 27.1. The molecule has 3 rings (SSSR count). The first-order valence-electron chi connectivity index (χ1n) is 15.1. The summed E-state index contributed by atoms with van der Waals surface area (Å²) in [6, 6.07) is 8.90. The Labute approximate surface area is 258 Å². The van der Waals surface area contributed by atoms with Crippen LogP contribution in [0.25, 0.3) is 6.20 Å². The molecule has 1 aliphatic carbocycles. The van der Waals surface area contributed by atoms with Crippen molar-refractivity contribution >= 4 is 31.7 Å². The molecule has 0 saturated heterocycles. The standard InChI is InChI=1S/C31H45N4O8P/c1-6-11-24(12-7-2)19-40-29(37)23(5)34-44(39,43-26-13-9-8-10-14-26)42-21-31(20-41-28(36)22(3)4)17-25(31)18-35-16-15-27(32)33-30(35)38/h8-10,13-16,18,22-24H,6-7,11-12,17,19-21H2,1-5H3,(H,34,39)(H2,32,33,38)/b25-18-/t23-,31-,44?/m0/s1. The molecule has 242 valence electrons. The Bertz CT molecular complexity index is 1390. The SMILES string of the molecule is CCCC(CCC)COC(=O)[C@H](C)NP(=O)(OC[C@@]1(COC(=O)C(C)C)C/C1=C/n1ccc(N)nc1=O)Oc1ccccc1. The van der Waals surface area contributed by atoms with Crippen molar-refractivity contribution in [2.45, 2.75) is 72.8 Å². The number of hydrogen-bond acceptors (Lipinski definition) is 10. The van der Waals surface area contributed by atoms with Crippen molar-refractivity contribution in [2.24, 2.45) is 17.3 Å². The van der Waals surface area contributed by atoms with Gasteiger partial charge in [-0.2, -0.15) is 10.1 Å². The Hall–Kier alpha value is -3.47. The van der Waals surface area contributed by atoms with E-state index in [2.05, 4.69) is 23.9 Å². The van der Waals surface area contributed by atoms with Crippen LogP contribution in [0.2, 0.25) is 0 Å². The molecule has 12 nitrogen and oxygen atoms in total. The van der Waals surface area contributed by atoms with Gasteiger partial charge in [-0.15, -0.1) is 0 Å². The lowest BCUT2D eigenvalue weighted by Gasteiger charge is -2.25. The van der Waals surface area contributed by atoms with Gasteiger partial charge in [-0.05, 0) is 55.9 Å². The lowest BCUT2D eigenvalue weighted by molar-refractivity contribution is -0.149. The summed E-state index contributed by atoms with van der Waals surface area (Å²) in [5, 5.41) is 2.72. The van der Waals surface area contributed by atoms with Crippen LogP contribution in [-0.4, -0.2) is 47.4 Å². The largest absolute Gasteiger partial charge is 0.464 e. The van der Waals surface area contributed by atoms with Crippen molar-refractivity contribution in [2.75, 3.05) is 25.6 Å². The number of nitrogens with zero attached hydrogens (tertiary/aromatic N) is 2. The molecule has 0 radical (unpaired) electrons. The van der Waals surface area contributed by atoms with E-state index in [1.54, 1.807) is 50.4 Å². The molecule has 2 aromatic rings. The van der Waals surface area contributed by atoms with Crippen LogP contribution < -0.4 is 21.0 Å². The van der Waals surface area contributed by atoms with Gasteiger partial charge < -0.3 is 19.7 Å². The van der Waals surface area contributed by atoms with Crippen LogP contribution in [0.3, 0.4) is 0 Å². The summed E-state index contributed by atoms with van der Waals surface area (Å²) in [6.07, 6.45) is 7.29. The molecule has 3 atom stereocenters. The van der Waals surface area contributed by atoms with Gasteiger partial charge in [0.25, 0.3) is 0 Å². The zero-order chi connectivity index (χ0) is 32.3. The predicted molar refractivity (Wildman–Crippen MR) is 168 cm³/mol. The van der Waals surface area contributed by atoms with Crippen molar-refractivity contribution < 1.29 is 32.7 Å². The summed E-state index contributed by atoms with van der Waals surface area (Å²) in [5.74, 6) is -0.749. The Morgan fingerprint density at radius 2 is 1.75 bits per heavy atom. The second-order valence-electron chi connectivity index (χ2n) is 11.5. The Morgan fingerprint density at radius 1 is 1.07 bits per heavy atom. The van der Waals surface area contributed by atoms with E-state index in [1.165, 1.54) is 23.8 Å². The van der Waals surface area contributed by atoms with Crippen molar-refractivity contribution in [1.82, 2.24) is 14.6 Å². The molecular formula is C31H45N4O8P. The lowest BCUT2D eigenvalue weighted by atomic mass is 9.99. The number of anilines is 1. The lowest BCUT2D eigenvalue weighted by Crippen LogP contribution is -2.36. The molecule has 1 aromatic heterocycles. The average Bonchev–Trinajstić information content (AvgIpc) is 3.67. The number of ether oxygens (including phenoxy) is 2. The minimum absolute atomic E-state index is 0.0772. The molecule has 13 heteroatoms. The number of hydrogen-bond donors (Lipinski definition) is 2. The fraction of sp³-hybridized carbons (Fsp3) is 0.548. The van der Waals surface area contributed by atoms with E-state index in [0.29, 0.717) is 12.0 Å². The molecule has 0 bridgehead atoms. The monoisotopic (exact) mass is 632 g/mol. The minimum atomic E-state index is -4.19. The average molecular weight is 633 g/mol. The fourth-order valence-electron chi connectivity index (χ4n) is 4.56. The van der Waals surface area contributed by atoms with Crippen LogP contribution >= 0.6 is 7.75 Å². The van der Waals surface area contributed by atoms with Crippen LogP contribution in [-0.2, 0) is 28.2 Å². The number of aromatic nitrogens is 2. The Balaban J connectivity index is 1.81. The third-order valence-corrected chi connectivity index (χ3v) is 8.86. The van der Waals surface area contributed by atoms with Gasteiger partial charge in [0, 0.05) is 12.4 Å². The Kier molecular flexibility index (Phi) is 12.7. The van der Waals surface area contributed by atoms with Crippen molar-refractivity contribution in [3.63, 3.8) is 0 Å². The van der Waals surface area contributed by atoms with Gasteiger partial charge in [-0.1, -0.05) is 58.7 Å². The minimum Gasteiger partial charge on any atom is -0.464 e. The molecule has 0 aliphatic heterocycles. The van der Waals surface area contributed by atoms with Crippen LogP contribution in [0.5, 0.6) is 5.75 Å². The molecule has 0 amide bonds. The predicted octanol–water partition coefficient (Wildman–Crippen LogP) is 5.20. The topological polar surface area (TPSA) is 161 Å². The number of para-hydroxylation sites is 1. The number of carbonyl (C=O) groups excluding carboxylic acids is 2. The van der Waals surface area contributed by atoms with E-state index in [1.807, 2.05) is 0 Å². The van der Waals surface area contributed by atoms with Gasteiger partial charge in [-0.25, -0.2) is 9.36 Å². The van der Waals surface area contributed by atoms with E-state index in [0.717, 1.165) is 25.7 Å². The maximum atomic E-state index is 14.1. The highest BCUT2D eigenvalue weighted by molar-refractivity contribution is 7.52. The number of benzene rings is 1. The first-order valence-corrected chi connectivity index (χ1v) is 16.6. The highest BCUT2D eigenvalue weighted by Gasteiger charge is 2.52. The first kappa shape index (κ1) is 35.0. The van der Waals surface area contributed by atoms with Crippen molar-refractivity contribution in [1.29, 1.82) is 0 Å². The van der Waals surface area contributed by atoms with Gasteiger partial charge in [0.1, 0.15) is 24.2 Å². The third-order valence-electron chi connectivity index (χ3n) is 7.23. The summed E-state index contributed by atoms with van der Waals surface area (Å²) in [5.41, 5.74) is 4.85. The number of esters is 2. The van der Waals surface area contributed by atoms with Crippen LogP contribution in [0, 0.1) is 17.3 Å². The third kappa shape index (κ3) is 10.3. The second-order valence-corrected chi connectivity index (χ2v) is 13.2. The first-order chi connectivity index (χ1) is 20.9. The maximum Gasteiger partial charge on any atom is 0.459 e. The molecule has 1 fully saturated rings. The maximum absolute atomic E-state index is 14.1. The van der Waals surface area contributed by atoms with Gasteiger partial charge in [0.15, 0.2) is 0 Å². The summed E-state index contributed by atoms with van der Waals surface area (Å²) < 4.78 is 38.3. The van der Waals surface area contributed by atoms with Crippen molar-refractivity contribution in [3.8, 4) is 5.75 Å². The molecule has 1 aliphatic rings. The summed E-state index contributed by atoms with van der Waals surface area (Å²) in [4.78, 5) is 41.3. The summed E-state index contributed by atoms with van der Waals surface area (Å²) >= 11 is 0. The molecule has 1 unspecified atom stereocenters. The summed E-state index contributed by atoms with van der Waals surface area (Å²) in [6.45, 7) is 9.14. The van der Waals surface area contributed by atoms with Crippen LogP contribution in [0.4, 0.5) is 5.82 Å². The number of nitrogen functional groups attached to an aromatic ring is 1. The van der Waals surface area contributed by atoms with E-state index < -0.39 is 36.8 Å². The van der Waals surface area contributed by atoms with E-state index in [4.69, 9.17) is 24.3 Å². The summed E-state index contributed by atoms with van der Waals surface area (Å²) in [7, 11) is -4.19. The molecule has 0 spiro atoms. The molecule has 1 saturated carbocycles. The Morgan fingerprint density at radius 3 is 2.36 bits per heavy atom. The molecule has 3 N–H and O–H groups in total. The fourth-order valence-corrected chi connectivity index (χ4v) is 6.14. The van der Waals surface area contributed by atoms with Gasteiger partial charge >= 0.3 is 25.4 Å². The van der Waals surface area contributed by atoms with E-state index >= 15 is 0 Å². The number of nitrogens with one attached hydrogen (secondary N) is 1. The zero-order valence-electron chi connectivity index (χ0n) is 26.2. The molecule has 1 aromatic carbocycles. The quantitative estimate of drug-likeness (QED) is 0.164. The number of carbonyl (C=O) groups is 2. The van der Waals surface area contributed by atoms with Crippen LogP contribution in [0.15, 0.2) is 53.0 Å². The van der Waals surface area contributed by atoms with Gasteiger partial charge in [0.05, 0.1) is 24.5 Å². The van der Waals surface area contributed by atoms with Gasteiger partial charge in [-0.3, -0.25) is 18.7 Å². The molecular weight excluding hydrogens is 587 g/mol. The molecule has 1 heterocycles. The van der Waals surface area contributed by atoms with E-state index in [9.17, 15) is 18.9 Å². The van der Waals surface area contributed by atoms with Gasteiger partial charge in [0.2, 0.25) is 0 Å². The second kappa shape index (κ2) is 16.0. The van der Waals surface area contributed by atoms with E-state index in [-0.39, 0.29) is 43.2 Å². The van der Waals surface area contributed by atoms with Crippen molar-refractivity contribution in [3.05, 3.63) is 58.7 Å². The number of nitrogens with two attached hydrogens (primary N) is 1. The normalized spacial score (nSPS) is 19.0. The smallest absolute Gasteiger partial charge is 0.459 e. The molecule has 44 heavy (non-hydrogen) atoms. The highest BCUT2D eigenvalue weighted by Crippen LogP contribution is 2.56.